The number of piperidine rings is 1. The molecule has 0 aromatic carbocycles. The first-order valence-corrected chi connectivity index (χ1v) is 9.34. The number of nitrogens with one attached hydrogen (secondary N) is 1. The van der Waals surface area contributed by atoms with Crippen LogP contribution in [0.1, 0.15) is 36.6 Å². The third-order valence-electron chi connectivity index (χ3n) is 5.02. The minimum Gasteiger partial charge on any atom is -0.369 e. The van der Waals surface area contributed by atoms with E-state index in [0.717, 1.165) is 30.2 Å². The highest BCUT2D eigenvalue weighted by molar-refractivity contribution is 7.16. The average molecular weight is 350 g/mol. The molecule has 0 radical (unpaired) electrons. The molecule has 3 heterocycles. The number of allylic oxidation sites excluding steroid dienone is 3. The molecular formula is C18H20ClNO2S. The Kier molecular flexibility index (Phi) is 3.96. The van der Waals surface area contributed by atoms with E-state index in [4.69, 9.17) is 16.3 Å². The Balaban J connectivity index is 1.69. The van der Waals surface area contributed by atoms with E-state index in [1.54, 1.807) is 17.4 Å². The number of ketones is 1. The van der Waals surface area contributed by atoms with Gasteiger partial charge in [0.15, 0.2) is 5.78 Å². The maximum atomic E-state index is 11.8. The third kappa shape index (κ3) is 2.82. The van der Waals surface area contributed by atoms with Gasteiger partial charge in [-0.1, -0.05) is 23.8 Å². The molecule has 122 valence electrons. The third-order valence-corrected chi connectivity index (χ3v) is 6.51. The Hall–Kier alpha value is -0.940. The van der Waals surface area contributed by atoms with Crippen molar-refractivity contribution >= 4 is 28.7 Å². The van der Waals surface area contributed by atoms with E-state index in [9.17, 15) is 4.79 Å². The Morgan fingerprint density at radius 3 is 3.13 bits per heavy atom. The molecule has 1 N–H and O–H groups in total. The van der Waals surface area contributed by atoms with Crippen molar-refractivity contribution < 1.29 is 9.53 Å². The Labute approximate surface area is 145 Å². The van der Waals surface area contributed by atoms with E-state index < -0.39 is 0 Å². The zero-order chi connectivity index (χ0) is 16.0. The second kappa shape index (κ2) is 5.85. The largest absolute Gasteiger partial charge is 0.369 e. The van der Waals surface area contributed by atoms with Gasteiger partial charge in [0.2, 0.25) is 0 Å². The predicted octanol–water partition coefficient (Wildman–Crippen LogP) is 3.77. The fourth-order valence-electron chi connectivity index (χ4n) is 4.14. The van der Waals surface area contributed by atoms with Crippen molar-refractivity contribution in [3.8, 4) is 0 Å². The summed E-state index contributed by atoms with van der Waals surface area (Å²) in [6.07, 6.45) is 8.87. The summed E-state index contributed by atoms with van der Waals surface area (Å²) < 4.78 is 7.19. The van der Waals surface area contributed by atoms with E-state index in [0.29, 0.717) is 12.5 Å². The SMILES string of the molecule is CC1CC2(CC(C3=CC=CC(=O)C3)N1)OCCc1cc(Cl)sc12. The molecule has 3 aliphatic rings. The van der Waals surface area contributed by atoms with Gasteiger partial charge in [-0.2, -0.15) is 0 Å². The normalized spacial score (nSPS) is 33.7. The van der Waals surface area contributed by atoms with E-state index in [-0.39, 0.29) is 17.4 Å². The molecule has 1 aromatic heterocycles. The molecular weight excluding hydrogens is 330 g/mol. The summed E-state index contributed by atoms with van der Waals surface area (Å²) in [5, 5.41) is 3.65. The van der Waals surface area contributed by atoms with Gasteiger partial charge in [0, 0.05) is 29.8 Å². The van der Waals surface area contributed by atoms with Crippen molar-refractivity contribution in [2.45, 2.75) is 50.3 Å². The average Bonchev–Trinajstić information content (AvgIpc) is 2.89. The van der Waals surface area contributed by atoms with E-state index in [2.05, 4.69) is 24.4 Å². The highest BCUT2D eigenvalue weighted by Crippen LogP contribution is 2.48. The highest BCUT2D eigenvalue weighted by atomic mass is 35.5. The quantitative estimate of drug-likeness (QED) is 0.838. The standard InChI is InChI=1S/C18H20ClNO2S/c1-11-9-18(17-13(5-6-22-18)8-16(19)23-17)10-15(20-11)12-3-2-4-14(21)7-12/h2-4,8,11,15,20H,5-7,9-10H2,1H3. The molecule has 0 saturated carbocycles. The monoisotopic (exact) mass is 349 g/mol. The molecule has 0 amide bonds. The van der Waals surface area contributed by atoms with E-state index in [1.807, 2.05) is 6.08 Å². The molecule has 3 nitrogen and oxygen atoms in total. The van der Waals surface area contributed by atoms with Crippen molar-refractivity contribution in [1.82, 2.24) is 5.32 Å². The maximum absolute atomic E-state index is 11.8. The Morgan fingerprint density at radius 2 is 2.30 bits per heavy atom. The first-order chi connectivity index (χ1) is 11.1. The number of carbonyl (C=O) groups is 1. The summed E-state index contributed by atoms with van der Waals surface area (Å²) >= 11 is 7.94. The molecule has 1 aromatic rings. The van der Waals surface area contributed by atoms with Crippen LogP contribution >= 0.6 is 22.9 Å². The van der Waals surface area contributed by atoms with Gasteiger partial charge in [-0.15, -0.1) is 11.3 Å². The van der Waals surface area contributed by atoms with Gasteiger partial charge in [0.1, 0.15) is 5.60 Å². The first kappa shape index (κ1) is 15.6. The number of rotatable bonds is 1. The van der Waals surface area contributed by atoms with Crippen LogP contribution in [0.15, 0.2) is 29.9 Å². The van der Waals surface area contributed by atoms with Gasteiger partial charge >= 0.3 is 0 Å². The number of halogens is 1. The first-order valence-electron chi connectivity index (χ1n) is 8.14. The lowest BCUT2D eigenvalue weighted by atomic mass is 9.77. The predicted molar refractivity (Wildman–Crippen MR) is 93.1 cm³/mol. The van der Waals surface area contributed by atoms with Gasteiger partial charge < -0.3 is 10.1 Å². The Morgan fingerprint density at radius 1 is 1.43 bits per heavy atom. The fourth-order valence-corrected chi connectivity index (χ4v) is 5.60. The number of hydrogen-bond donors (Lipinski definition) is 1. The van der Waals surface area contributed by atoms with Crippen LogP contribution in [0.25, 0.3) is 0 Å². The Bertz CT molecular complexity index is 708. The number of thiophene rings is 1. The topological polar surface area (TPSA) is 38.3 Å². The van der Waals surface area contributed by atoms with Crippen LogP contribution in [0.2, 0.25) is 4.34 Å². The molecule has 1 spiro atoms. The summed E-state index contributed by atoms with van der Waals surface area (Å²) in [5.41, 5.74) is 2.25. The van der Waals surface area contributed by atoms with Crippen LogP contribution in [0.3, 0.4) is 0 Å². The van der Waals surface area contributed by atoms with Crippen LogP contribution in [0.4, 0.5) is 0 Å². The highest BCUT2D eigenvalue weighted by Gasteiger charge is 2.46. The molecule has 0 bridgehead atoms. The van der Waals surface area contributed by atoms with Gasteiger partial charge in [0.05, 0.1) is 10.9 Å². The van der Waals surface area contributed by atoms with E-state index >= 15 is 0 Å². The second-order valence-corrected chi connectivity index (χ2v) is 8.45. The van der Waals surface area contributed by atoms with Crippen LogP contribution in [0.5, 0.6) is 0 Å². The van der Waals surface area contributed by atoms with E-state index in [1.165, 1.54) is 16.0 Å². The zero-order valence-electron chi connectivity index (χ0n) is 13.1. The summed E-state index contributed by atoms with van der Waals surface area (Å²) in [7, 11) is 0. The van der Waals surface area contributed by atoms with Crippen molar-refractivity contribution in [3.05, 3.63) is 44.6 Å². The molecule has 1 aliphatic carbocycles. The maximum Gasteiger partial charge on any atom is 0.159 e. The molecule has 1 fully saturated rings. The summed E-state index contributed by atoms with van der Waals surface area (Å²) in [4.78, 5) is 13.1. The van der Waals surface area contributed by atoms with Crippen molar-refractivity contribution in [2.75, 3.05) is 6.61 Å². The zero-order valence-corrected chi connectivity index (χ0v) is 14.7. The lowest BCUT2D eigenvalue weighted by Crippen LogP contribution is -2.54. The van der Waals surface area contributed by atoms with Crippen LogP contribution in [0, 0.1) is 0 Å². The number of carbonyl (C=O) groups excluding carboxylic acids is 1. The second-order valence-electron chi connectivity index (χ2n) is 6.77. The number of ether oxygens (including phenoxy) is 1. The van der Waals surface area contributed by atoms with Gasteiger partial charge in [0.25, 0.3) is 0 Å². The minimum atomic E-state index is -0.258. The van der Waals surface area contributed by atoms with Gasteiger partial charge in [-0.25, -0.2) is 0 Å². The lowest BCUT2D eigenvalue weighted by Gasteiger charge is -2.46. The molecule has 23 heavy (non-hydrogen) atoms. The number of fused-ring (bicyclic) bond motifs is 2. The lowest BCUT2D eigenvalue weighted by molar-refractivity contribution is -0.114. The van der Waals surface area contributed by atoms with Crippen molar-refractivity contribution in [3.63, 3.8) is 0 Å². The van der Waals surface area contributed by atoms with Crippen molar-refractivity contribution in [2.24, 2.45) is 0 Å². The fraction of sp³-hybridized carbons (Fsp3) is 0.500. The summed E-state index contributed by atoms with van der Waals surface area (Å²) in [6.45, 7) is 2.94. The van der Waals surface area contributed by atoms with Crippen LogP contribution in [-0.4, -0.2) is 24.5 Å². The van der Waals surface area contributed by atoms with Gasteiger partial charge in [-0.3, -0.25) is 4.79 Å². The molecule has 1 saturated heterocycles. The molecule has 4 rings (SSSR count). The number of hydrogen-bond acceptors (Lipinski definition) is 4. The summed E-state index contributed by atoms with van der Waals surface area (Å²) in [5.74, 6) is 0.181. The minimum absolute atomic E-state index is 0.180. The van der Waals surface area contributed by atoms with Crippen LogP contribution in [-0.2, 0) is 21.6 Å². The molecule has 2 aliphatic heterocycles. The smallest absolute Gasteiger partial charge is 0.159 e. The molecule has 3 unspecified atom stereocenters. The van der Waals surface area contributed by atoms with Crippen molar-refractivity contribution in [1.29, 1.82) is 0 Å². The van der Waals surface area contributed by atoms with Gasteiger partial charge in [-0.05, 0) is 43.0 Å². The molecule has 3 atom stereocenters. The molecule has 5 heteroatoms. The van der Waals surface area contributed by atoms with Crippen LogP contribution < -0.4 is 5.32 Å². The summed E-state index contributed by atoms with van der Waals surface area (Å²) in [6, 6.07) is 2.61.